The van der Waals surface area contributed by atoms with Crippen LogP contribution in [0.25, 0.3) is 0 Å². The number of aryl methyl sites for hydroxylation is 1. The number of rotatable bonds is 8. The molecule has 8 nitrogen and oxygen atoms in total. The molecule has 0 saturated carbocycles. The van der Waals surface area contributed by atoms with Gasteiger partial charge < -0.3 is 15.2 Å². The summed E-state index contributed by atoms with van der Waals surface area (Å²) in [5.41, 5.74) is 3.18. The average molecular weight is 491 g/mol. The van der Waals surface area contributed by atoms with E-state index in [4.69, 9.17) is 0 Å². The summed E-state index contributed by atoms with van der Waals surface area (Å²) >= 11 is 0. The van der Waals surface area contributed by atoms with Gasteiger partial charge in [-0.15, -0.1) is 0 Å². The second-order valence-corrected chi connectivity index (χ2v) is 11.7. The van der Waals surface area contributed by atoms with E-state index in [2.05, 4.69) is 25.6 Å². The van der Waals surface area contributed by atoms with Crippen molar-refractivity contribution in [2.24, 2.45) is 5.41 Å². The quantitative estimate of drug-likeness (QED) is 0.344. The lowest BCUT2D eigenvalue weighted by Crippen LogP contribution is -2.20. The van der Waals surface area contributed by atoms with Crippen LogP contribution in [0.5, 0.6) is 0 Å². The summed E-state index contributed by atoms with van der Waals surface area (Å²) in [5, 5.41) is 6.47. The minimum atomic E-state index is -3.40. The molecule has 0 saturated heterocycles. The van der Waals surface area contributed by atoms with Crippen molar-refractivity contribution in [2.45, 2.75) is 39.1 Å². The monoisotopic (exact) mass is 490 g/mol. The Morgan fingerprint density at radius 1 is 1.00 bits per heavy atom. The van der Waals surface area contributed by atoms with E-state index in [1.54, 1.807) is 36.9 Å². The fourth-order valence-corrected chi connectivity index (χ4v) is 5.50. The molecule has 182 valence electrons. The zero-order valence-electron chi connectivity index (χ0n) is 20.4. The summed E-state index contributed by atoms with van der Waals surface area (Å²) in [5.74, 6) is 1.12. The van der Waals surface area contributed by atoms with Gasteiger partial charge in [0.2, 0.25) is 5.95 Å². The van der Waals surface area contributed by atoms with Crippen LogP contribution in [0.2, 0.25) is 0 Å². The van der Waals surface area contributed by atoms with Crippen molar-refractivity contribution in [3.8, 4) is 0 Å². The molecule has 0 fully saturated rings. The normalized spacial score (nSPS) is 11.9. The van der Waals surface area contributed by atoms with E-state index in [0.717, 1.165) is 23.4 Å². The summed E-state index contributed by atoms with van der Waals surface area (Å²) in [4.78, 5) is 13.3. The fraction of sp³-hybridized carbons (Fsp3) is 0.269. The van der Waals surface area contributed by atoms with Gasteiger partial charge in [0, 0.05) is 42.1 Å². The Balaban J connectivity index is 1.48. The van der Waals surface area contributed by atoms with Crippen molar-refractivity contribution in [3.05, 3.63) is 84.6 Å². The average Bonchev–Trinajstić information content (AvgIpc) is 3.29. The molecule has 2 aromatic carbocycles. The largest absolute Gasteiger partial charge is 0.340 e. The lowest BCUT2D eigenvalue weighted by Gasteiger charge is -2.18. The van der Waals surface area contributed by atoms with Gasteiger partial charge in [-0.25, -0.2) is 18.4 Å². The van der Waals surface area contributed by atoms with Crippen LogP contribution >= 0.6 is 0 Å². The summed E-state index contributed by atoms with van der Waals surface area (Å²) in [7, 11) is -3.40. The molecule has 9 heteroatoms. The predicted molar refractivity (Wildman–Crippen MR) is 139 cm³/mol. The number of sulfone groups is 1. The van der Waals surface area contributed by atoms with Gasteiger partial charge in [0.1, 0.15) is 5.82 Å². The van der Waals surface area contributed by atoms with E-state index in [9.17, 15) is 8.42 Å². The molecular weight excluding hydrogens is 460 g/mol. The number of hydrogen-bond acceptors (Lipinski definition) is 7. The molecule has 4 rings (SSSR count). The Morgan fingerprint density at radius 2 is 1.77 bits per heavy atom. The van der Waals surface area contributed by atoms with Crippen molar-refractivity contribution in [3.63, 3.8) is 0 Å². The van der Waals surface area contributed by atoms with Gasteiger partial charge in [-0.2, -0.15) is 4.98 Å². The second-order valence-electron chi connectivity index (χ2n) is 9.75. The van der Waals surface area contributed by atoms with Crippen LogP contribution in [0.1, 0.15) is 31.9 Å². The summed E-state index contributed by atoms with van der Waals surface area (Å²) in [6.45, 7) is 8.40. The maximum atomic E-state index is 12.8. The third kappa shape index (κ3) is 6.66. The second kappa shape index (κ2) is 9.87. The maximum absolute atomic E-state index is 12.8. The molecule has 0 aliphatic heterocycles. The fourth-order valence-electron chi connectivity index (χ4n) is 3.60. The zero-order chi connectivity index (χ0) is 25.1. The molecule has 0 aliphatic carbocycles. The number of anilines is 4. The van der Waals surface area contributed by atoms with Crippen molar-refractivity contribution in [2.75, 3.05) is 16.4 Å². The number of nitrogens with zero attached hydrogens (tertiary/aromatic N) is 4. The molecule has 0 bridgehead atoms. The van der Waals surface area contributed by atoms with Crippen LogP contribution in [-0.2, 0) is 16.4 Å². The maximum Gasteiger partial charge on any atom is 0.229 e. The van der Waals surface area contributed by atoms with Crippen molar-refractivity contribution in [1.29, 1.82) is 0 Å². The number of aromatic nitrogens is 4. The minimum absolute atomic E-state index is 0.0746. The topological polar surface area (TPSA) is 102 Å². The Hall–Kier alpha value is -3.72. The summed E-state index contributed by atoms with van der Waals surface area (Å²) in [6, 6.07) is 14.9. The first-order valence-corrected chi connectivity index (χ1v) is 13.0. The molecule has 2 N–H and O–H groups in total. The highest BCUT2D eigenvalue weighted by atomic mass is 32.2. The zero-order valence-corrected chi connectivity index (χ0v) is 21.2. The molecule has 35 heavy (non-hydrogen) atoms. The Morgan fingerprint density at radius 3 is 2.46 bits per heavy atom. The molecule has 4 aromatic rings. The SMILES string of the molecule is Cc1cnc(Nc2ccc(Cn3ccnc3)cc2)nc1Nc1cccc(S(=O)(=O)CC(C)(C)C)c1. The van der Waals surface area contributed by atoms with E-state index in [0.29, 0.717) is 22.3 Å². The van der Waals surface area contributed by atoms with Crippen LogP contribution in [0.3, 0.4) is 0 Å². The molecule has 0 spiro atoms. The lowest BCUT2D eigenvalue weighted by atomic mass is 10.0. The van der Waals surface area contributed by atoms with Gasteiger partial charge in [-0.05, 0) is 48.2 Å². The standard InChI is InChI=1S/C26H30N6O2S/c1-19-15-28-25(30-21-10-8-20(9-11-21)16-32-13-12-27-18-32)31-24(19)29-22-6-5-7-23(14-22)35(33,34)17-26(2,3)4/h5-15,18H,16-17H2,1-4H3,(H2,28,29,30,31). The van der Waals surface area contributed by atoms with Gasteiger partial charge in [-0.1, -0.05) is 39.0 Å². The first kappa shape index (κ1) is 24.4. The van der Waals surface area contributed by atoms with E-state index < -0.39 is 9.84 Å². The first-order chi connectivity index (χ1) is 16.6. The summed E-state index contributed by atoms with van der Waals surface area (Å²) in [6.07, 6.45) is 7.20. The van der Waals surface area contributed by atoms with Crippen LogP contribution in [0.15, 0.2) is 78.3 Å². The predicted octanol–water partition coefficient (Wildman–Crippen LogP) is 5.34. The number of benzene rings is 2. The molecular formula is C26H30N6O2S. The number of imidazole rings is 1. The van der Waals surface area contributed by atoms with Crippen LogP contribution in [-0.4, -0.2) is 33.7 Å². The first-order valence-electron chi connectivity index (χ1n) is 11.3. The molecule has 2 heterocycles. The molecule has 0 aliphatic rings. The third-order valence-electron chi connectivity index (χ3n) is 5.19. The van der Waals surface area contributed by atoms with Crippen LogP contribution in [0.4, 0.5) is 23.1 Å². The Bertz CT molecular complexity index is 1390. The van der Waals surface area contributed by atoms with Crippen LogP contribution in [0, 0.1) is 12.3 Å². The van der Waals surface area contributed by atoms with Crippen molar-refractivity contribution >= 4 is 33.0 Å². The van der Waals surface area contributed by atoms with Gasteiger partial charge in [0.15, 0.2) is 9.84 Å². The third-order valence-corrected chi connectivity index (χ3v) is 7.40. The molecule has 0 amide bonds. The van der Waals surface area contributed by atoms with Gasteiger partial charge in [0.25, 0.3) is 0 Å². The minimum Gasteiger partial charge on any atom is -0.340 e. The number of hydrogen-bond donors (Lipinski definition) is 2. The molecule has 0 unspecified atom stereocenters. The van der Waals surface area contributed by atoms with Gasteiger partial charge in [0.05, 0.1) is 17.0 Å². The van der Waals surface area contributed by atoms with E-state index in [1.807, 2.05) is 68.8 Å². The highest BCUT2D eigenvalue weighted by Gasteiger charge is 2.23. The van der Waals surface area contributed by atoms with E-state index >= 15 is 0 Å². The highest BCUT2D eigenvalue weighted by Crippen LogP contribution is 2.26. The van der Waals surface area contributed by atoms with E-state index in [-0.39, 0.29) is 11.2 Å². The molecule has 2 aromatic heterocycles. The lowest BCUT2D eigenvalue weighted by molar-refractivity contribution is 0.462. The van der Waals surface area contributed by atoms with E-state index in [1.165, 1.54) is 0 Å². The highest BCUT2D eigenvalue weighted by molar-refractivity contribution is 7.91. The Labute approximate surface area is 206 Å². The molecule has 0 radical (unpaired) electrons. The van der Waals surface area contributed by atoms with Crippen molar-refractivity contribution in [1.82, 2.24) is 19.5 Å². The van der Waals surface area contributed by atoms with Gasteiger partial charge in [-0.3, -0.25) is 0 Å². The molecule has 0 atom stereocenters. The summed E-state index contributed by atoms with van der Waals surface area (Å²) < 4.78 is 27.6. The smallest absolute Gasteiger partial charge is 0.229 e. The van der Waals surface area contributed by atoms with Crippen molar-refractivity contribution < 1.29 is 8.42 Å². The van der Waals surface area contributed by atoms with Crippen LogP contribution < -0.4 is 10.6 Å². The Kier molecular flexibility index (Phi) is 6.88. The number of nitrogens with one attached hydrogen (secondary N) is 2. The van der Waals surface area contributed by atoms with Gasteiger partial charge >= 0.3 is 0 Å².